The molecular weight excluding hydrogens is 404 g/mol. The van der Waals surface area contributed by atoms with Gasteiger partial charge < -0.3 is 18.6 Å². The highest BCUT2D eigenvalue weighted by molar-refractivity contribution is 5.97. The fourth-order valence-corrected chi connectivity index (χ4v) is 3.96. The van der Waals surface area contributed by atoms with E-state index in [1.807, 2.05) is 31.5 Å². The molecule has 0 saturated heterocycles. The molecule has 0 unspecified atom stereocenters. The van der Waals surface area contributed by atoms with Gasteiger partial charge in [-0.05, 0) is 50.6 Å². The highest BCUT2D eigenvalue weighted by Gasteiger charge is 2.22. The van der Waals surface area contributed by atoms with Crippen molar-refractivity contribution < 1.29 is 14.3 Å². The third-order valence-electron chi connectivity index (χ3n) is 5.44. The molecular formula is C25H28N4O3. The van der Waals surface area contributed by atoms with Crippen LogP contribution in [-0.4, -0.2) is 38.3 Å². The first-order chi connectivity index (χ1) is 15.4. The standard InChI is InChI=1S/C25H28N4O3/c1-7-11-29-20(13-16-9-10-18(8-2)26-23(16)29)24-27-19-12-17(25(30)32-15(3)4)14-21(31-6)22(19)28(24)5/h7,9-10,12-15H,1,8,11H2,2-6H3. The maximum atomic E-state index is 12.5. The lowest BCUT2D eigenvalue weighted by atomic mass is 10.2. The smallest absolute Gasteiger partial charge is 0.338 e. The van der Waals surface area contributed by atoms with Crippen LogP contribution in [0.3, 0.4) is 0 Å². The molecule has 0 amide bonds. The highest BCUT2D eigenvalue weighted by Crippen LogP contribution is 2.34. The van der Waals surface area contributed by atoms with Crippen LogP contribution in [0.1, 0.15) is 36.8 Å². The molecule has 3 aromatic heterocycles. The molecule has 32 heavy (non-hydrogen) atoms. The number of imidazole rings is 1. The minimum atomic E-state index is -0.399. The van der Waals surface area contributed by atoms with Crippen molar-refractivity contribution in [2.75, 3.05) is 7.11 Å². The van der Waals surface area contributed by atoms with Crippen molar-refractivity contribution in [2.24, 2.45) is 7.05 Å². The number of hydrogen-bond acceptors (Lipinski definition) is 5. The van der Waals surface area contributed by atoms with E-state index in [0.29, 0.717) is 23.4 Å². The Balaban J connectivity index is 1.94. The van der Waals surface area contributed by atoms with Gasteiger partial charge in [0.15, 0.2) is 5.82 Å². The second kappa shape index (κ2) is 8.49. The number of carbonyl (C=O) groups excluding carboxylic acids is 1. The summed E-state index contributed by atoms with van der Waals surface area (Å²) in [7, 11) is 3.53. The van der Waals surface area contributed by atoms with E-state index in [0.717, 1.165) is 40.2 Å². The maximum absolute atomic E-state index is 12.5. The van der Waals surface area contributed by atoms with Gasteiger partial charge in [-0.15, -0.1) is 6.58 Å². The van der Waals surface area contributed by atoms with Crippen molar-refractivity contribution in [2.45, 2.75) is 39.8 Å². The summed E-state index contributed by atoms with van der Waals surface area (Å²) in [6, 6.07) is 9.68. The van der Waals surface area contributed by atoms with Gasteiger partial charge in [0.05, 0.1) is 30.0 Å². The molecule has 0 fully saturated rings. The van der Waals surface area contributed by atoms with E-state index in [1.165, 1.54) is 0 Å². The molecule has 0 aliphatic carbocycles. The van der Waals surface area contributed by atoms with Crippen molar-refractivity contribution in [3.8, 4) is 17.3 Å². The van der Waals surface area contributed by atoms with Crippen LogP contribution >= 0.6 is 0 Å². The zero-order chi connectivity index (χ0) is 23.0. The predicted molar refractivity (Wildman–Crippen MR) is 126 cm³/mol. The monoisotopic (exact) mass is 432 g/mol. The van der Waals surface area contributed by atoms with E-state index in [-0.39, 0.29) is 6.10 Å². The van der Waals surface area contributed by atoms with Crippen molar-refractivity contribution in [1.82, 2.24) is 19.1 Å². The van der Waals surface area contributed by atoms with Crippen molar-refractivity contribution >= 4 is 28.0 Å². The number of carbonyl (C=O) groups is 1. The summed E-state index contributed by atoms with van der Waals surface area (Å²) < 4.78 is 15.1. The van der Waals surface area contributed by atoms with Crippen LogP contribution < -0.4 is 4.74 Å². The van der Waals surface area contributed by atoms with Gasteiger partial charge in [0, 0.05) is 24.7 Å². The first kappa shape index (κ1) is 21.6. The fourth-order valence-electron chi connectivity index (χ4n) is 3.96. The van der Waals surface area contributed by atoms with E-state index in [9.17, 15) is 4.79 Å². The lowest BCUT2D eigenvalue weighted by Gasteiger charge is -2.11. The number of aromatic nitrogens is 4. The van der Waals surface area contributed by atoms with Crippen LogP contribution in [-0.2, 0) is 24.8 Å². The van der Waals surface area contributed by atoms with E-state index >= 15 is 0 Å². The average molecular weight is 433 g/mol. The molecule has 0 radical (unpaired) electrons. The van der Waals surface area contributed by atoms with E-state index in [2.05, 4.69) is 36.3 Å². The summed E-state index contributed by atoms with van der Waals surface area (Å²) in [5, 5.41) is 1.04. The molecule has 0 N–H and O–H groups in total. The SMILES string of the molecule is C=CCn1c(-c2nc3cc(C(=O)OC(C)C)cc(OC)c3n2C)cc2ccc(CC)nc21. The third kappa shape index (κ3) is 3.64. The van der Waals surface area contributed by atoms with Crippen LogP contribution in [0.15, 0.2) is 43.0 Å². The lowest BCUT2D eigenvalue weighted by molar-refractivity contribution is 0.0377. The Morgan fingerprint density at radius 1 is 1.22 bits per heavy atom. The molecule has 7 nitrogen and oxygen atoms in total. The van der Waals surface area contributed by atoms with Gasteiger partial charge in [0.1, 0.15) is 16.9 Å². The molecule has 0 aliphatic rings. The Labute approximate surface area is 187 Å². The highest BCUT2D eigenvalue weighted by atomic mass is 16.5. The molecule has 3 heterocycles. The molecule has 4 aromatic rings. The molecule has 0 spiro atoms. The molecule has 166 valence electrons. The Morgan fingerprint density at radius 3 is 2.66 bits per heavy atom. The van der Waals surface area contributed by atoms with Gasteiger partial charge in [-0.3, -0.25) is 0 Å². The topological polar surface area (TPSA) is 71.2 Å². The normalized spacial score (nSPS) is 11.4. The van der Waals surface area contributed by atoms with Crippen molar-refractivity contribution in [1.29, 1.82) is 0 Å². The number of fused-ring (bicyclic) bond motifs is 2. The minimum Gasteiger partial charge on any atom is -0.494 e. The second-order valence-corrected chi connectivity index (χ2v) is 7.99. The number of nitrogens with zero attached hydrogens (tertiary/aromatic N) is 4. The Kier molecular flexibility index (Phi) is 5.74. The molecule has 7 heteroatoms. The maximum Gasteiger partial charge on any atom is 0.338 e. The Hall–Kier alpha value is -3.61. The van der Waals surface area contributed by atoms with Crippen LogP contribution in [0, 0.1) is 0 Å². The molecule has 0 aliphatic heterocycles. The number of allylic oxidation sites excluding steroid dienone is 1. The van der Waals surface area contributed by atoms with Gasteiger partial charge in [-0.25, -0.2) is 14.8 Å². The number of ether oxygens (including phenoxy) is 2. The predicted octanol–water partition coefficient (Wildman–Crippen LogP) is 4.91. The van der Waals surface area contributed by atoms with Crippen LogP contribution in [0.4, 0.5) is 0 Å². The van der Waals surface area contributed by atoms with Crippen LogP contribution in [0.5, 0.6) is 5.75 Å². The van der Waals surface area contributed by atoms with E-state index in [4.69, 9.17) is 19.4 Å². The number of pyridine rings is 1. The van der Waals surface area contributed by atoms with E-state index < -0.39 is 5.97 Å². The Morgan fingerprint density at radius 2 is 2.00 bits per heavy atom. The number of methoxy groups -OCH3 is 1. The molecule has 0 atom stereocenters. The van der Waals surface area contributed by atoms with E-state index in [1.54, 1.807) is 19.2 Å². The number of rotatable bonds is 7. The number of esters is 1. The average Bonchev–Trinajstić information content (AvgIpc) is 3.30. The molecule has 1 aromatic carbocycles. The first-order valence-electron chi connectivity index (χ1n) is 10.7. The van der Waals surface area contributed by atoms with Gasteiger partial charge in [-0.2, -0.15) is 0 Å². The van der Waals surface area contributed by atoms with Crippen molar-refractivity contribution in [3.05, 3.63) is 54.2 Å². The summed E-state index contributed by atoms with van der Waals surface area (Å²) >= 11 is 0. The van der Waals surface area contributed by atoms with Gasteiger partial charge >= 0.3 is 5.97 Å². The second-order valence-electron chi connectivity index (χ2n) is 7.99. The summed E-state index contributed by atoms with van der Waals surface area (Å²) in [5.74, 6) is 0.923. The van der Waals surface area contributed by atoms with Gasteiger partial charge in [0.2, 0.25) is 0 Å². The largest absolute Gasteiger partial charge is 0.494 e. The zero-order valence-corrected chi connectivity index (χ0v) is 19.2. The summed E-state index contributed by atoms with van der Waals surface area (Å²) in [6.07, 6.45) is 2.51. The quantitative estimate of drug-likeness (QED) is 0.306. The lowest BCUT2D eigenvalue weighted by Crippen LogP contribution is -2.11. The van der Waals surface area contributed by atoms with Gasteiger partial charge in [-0.1, -0.05) is 13.0 Å². The fraction of sp³-hybridized carbons (Fsp3) is 0.320. The number of benzene rings is 1. The molecule has 0 saturated carbocycles. The molecule has 0 bridgehead atoms. The minimum absolute atomic E-state index is 0.210. The summed E-state index contributed by atoms with van der Waals surface area (Å²) in [4.78, 5) is 22.2. The van der Waals surface area contributed by atoms with Crippen molar-refractivity contribution in [3.63, 3.8) is 0 Å². The summed E-state index contributed by atoms with van der Waals surface area (Å²) in [6.45, 7) is 10.3. The number of hydrogen-bond donors (Lipinski definition) is 0. The van der Waals surface area contributed by atoms with Crippen LogP contribution in [0.25, 0.3) is 33.6 Å². The van der Waals surface area contributed by atoms with Gasteiger partial charge in [0.25, 0.3) is 0 Å². The number of aryl methyl sites for hydroxylation is 2. The zero-order valence-electron chi connectivity index (χ0n) is 19.2. The first-order valence-corrected chi connectivity index (χ1v) is 10.7. The Bertz CT molecular complexity index is 1330. The third-order valence-corrected chi connectivity index (χ3v) is 5.44. The molecule has 4 rings (SSSR count). The van der Waals surface area contributed by atoms with Crippen LogP contribution in [0.2, 0.25) is 0 Å². The summed E-state index contributed by atoms with van der Waals surface area (Å²) in [5.41, 5.74) is 4.74.